The van der Waals surface area contributed by atoms with Crippen LogP contribution in [0.4, 0.5) is 11.5 Å². The summed E-state index contributed by atoms with van der Waals surface area (Å²) in [6.07, 6.45) is 2.51. The van der Waals surface area contributed by atoms with Gasteiger partial charge in [-0.25, -0.2) is 9.97 Å². The second-order valence-corrected chi connectivity index (χ2v) is 3.12. The minimum atomic E-state index is -0.610. The van der Waals surface area contributed by atoms with Gasteiger partial charge in [0.15, 0.2) is 0 Å². The van der Waals surface area contributed by atoms with E-state index in [0.717, 1.165) is 0 Å². The number of nitrogens with one attached hydrogen (secondary N) is 2. The minimum Gasteiger partial charge on any atom is -0.476 e. The number of hydrogen-bond acceptors (Lipinski definition) is 8. The maximum Gasteiger partial charge on any atom is 0.372 e. The van der Waals surface area contributed by atoms with E-state index in [9.17, 15) is 10.1 Å². The normalized spacial score (nSPS) is 10.1. The van der Waals surface area contributed by atoms with E-state index in [2.05, 4.69) is 30.5 Å². The summed E-state index contributed by atoms with van der Waals surface area (Å²) < 4.78 is 4.82. The third-order valence-corrected chi connectivity index (χ3v) is 2.05. The Morgan fingerprint density at radius 1 is 1.44 bits per heavy atom. The van der Waals surface area contributed by atoms with Crippen LogP contribution in [0.25, 0.3) is 0 Å². The molecule has 0 aliphatic heterocycles. The number of nitro groups is 1. The zero-order valence-electron chi connectivity index (χ0n) is 9.32. The number of rotatable bonds is 5. The summed E-state index contributed by atoms with van der Waals surface area (Å²) in [6, 6.07) is 0. The van der Waals surface area contributed by atoms with Gasteiger partial charge >= 0.3 is 5.69 Å². The number of aromatic nitrogens is 5. The number of methoxy groups -OCH3 is 1. The van der Waals surface area contributed by atoms with Crippen LogP contribution in [0, 0.1) is 10.1 Å². The summed E-state index contributed by atoms with van der Waals surface area (Å²) in [5.74, 6) is 0.486. The standard InChI is InChI=1S/C8H9N7O3/c1-18-8-6(15(16)17)7(11-3-12-8)9-2-5-10-4-13-14-5/h3-4H,2H2,1H3,(H,9,11,12)(H,10,13,14). The van der Waals surface area contributed by atoms with Crippen molar-refractivity contribution in [1.82, 2.24) is 25.1 Å². The predicted molar refractivity (Wildman–Crippen MR) is 58.9 cm³/mol. The first-order valence-corrected chi connectivity index (χ1v) is 4.84. The molecule has 18 heavy (non-hydrogen) atoms. The molecule has 0 aliphatic carbocycles. The SMILES string of the molecule is COc1ncnc(NCc2ncn[nH]2)c1[N+](=O)[O-]. The van der Waals surface area contributed by atoms with Crippen molar-refractivity contribution in [3.05, 3.63) is 28.6 Å². The van der Waals surface area contributed by atoms with E-state index in [1.807, 2.05) is 0 Å². The number of anilines is 1. The van der Waals surface area contributed by atoms with Gasteiger partial charge in [-0.05, 0) is 0 Å². The van der Waals surface area contributed by atoms with Gasteiger partial charge in [0.1, 0.15) is 18.5 Å². The molecular formula is C8H9N7O3. The average molecular weight is 251 g/mol. The Kier molecular flexibility index (Phi) is 3.27. The van der Waals surface area contributed by atoms with Crippen molar-refractivity contribution in [2.45, 2.75) is 6.54 Å². The highest BCUT2D eigenvalue weighted by molar-refractivity contribution is 5.60. The third-order valence-electron chi connectivity index (χ3n) is 2.05. The first-order valence-electron chi connectivity index (χ1n) is 4.84. The first kappa shape index (κ1) is 11.7. The van der Waals surface area contributed by atoms with Crippen LogP contribution < -0.4 is 10.1 Å². The van der Waals surface area contributed by atoms with Gasteiger partial charge in [-0.3, -0.25) is 15.2 Å². The zero-order chi connectivity index (χ0) is 13.0. The highest BCUT2D eigenvalue weighted by atomic mass is 16.6. The summed E-state index contributed by atoms with van der Waals surface area (Å²) in [5.41, 5.74) is -0.320. The molecule has 0 radical (unpaired) electrons. The van der Waals surface area contributed by atoms with Crippen molar-refractivity contribution in [3.8, 4) is 5.88 Å². The van der Waals surface area contributed by atoms with Gasteiger partial charge in [0.05, 0.1) is 18.6 Å². The van der Waals surface area contributed by atoms with Gasteiger partial charge in [0.2, 0.25) is 5.82 Å². The molecule has 94 valence electrons. The molecule has 0 bridgehead atoms. The van der Waals surface area contributed by atoms with Gasteiger partial charge in [0.25, 0.3) is 5.88 Å². The Hall–Kier alpha value is -2.78. The van der Waals surface area contributed by atoms with Crippen molar-refractivity contribution in [1.29, 1.82) is 0 Å². The maximum absolute atomic E-state index is 10.9. The van der Waals surface area contributed by atoms with Crippen LogP contribution in [0.15, 0.2) is 12.7 Å². The molecule has 10 heteroatoms. The fraction of sp³-hybridized carbons (Fsp3) is 0.250. The second kappa shape index (κ2) is 5.03. The lowest BCUT2D eigenvalue weighted by molar-refractivity contribution is -0.385. The number of ether oxygens (including phenoxy) is 1. The molecule has 0 atom stereocenters. The lowest BCUT2D eigenvalue weighted by Gasteiger charge is -2.05. The summed E-state index contributed by atoms with van der Waals surface area (Å²) in [7, 11) is 1.30. The van der Waals surface area contributed by atoms with Crippen molar-refractivity contribution in [2.75, 3.05) is 12.4 Å². The summed E-state index contributed by atoms with van der Waals surface area (Å²) in [5, 5.41) is 20.0. The molecule has 0 saturated carbocycles. The molecule has 2 aromatic heterocycles. The lowest BCUT2D eigenvalue weighted by Crippen LogP contribution is -2.07. The van der Waals surface area contributed by atoms with Crippen LogP contribution in [0.3, 0.4) is 0 Å². The number of hydrogen-bond donors (Lipinski definition) is 2. The van der Waals surface area contributed by atoms with Gasteiger partial charge < -0.3 is 10.1 Å². The number of nitrogens with zero attached hydrogens (tertiary/aromatic N) is 5. The molecule has 0 unspecified atom stereocenters. The topological polar surface area (TPSA) is 132 Å². The molecule has 2 N–H and O–H groups in total. The molecular weight excluding hydrogens is 242 g/mol. The van der Waals surface area contributed by atoms with E-state index in [-0.39, 0.29) is 23.9 Å². The van der Waals surface area contributed by atoms with Gasteiger partial charge in [-0.1, -0.05) is 0 Å². The van der Waals surface area contributed by atoms with Gasteiger partial charge in [0, 0.05) is 0 Å². The maximum atomic E-state index is 10.9. The molecule has 0 aromatic carbocycles. The largest absolute Gasteiger partial charge is 0.476 e. The monoisotopic (exact) mass is 251 g/mol. The molecule has 0 aliphatic rings. The van der Waals surface area contributed by atoms with Gasteiger partial charge in [-0.2, -0.15) is 10.1 Å². The highest BCUT2D eigenvalue weighted by Gasteiger charge is 2.23. The summed E-state index contributed by atoms with van der Waals surface area (Å²) in [6.45, 7) is 0.223. The van der Waals surface area contributed by atoms with Crippen molar-refractivity contribution in [3.63, 3.8) is 0 Å². The molecule has 10 nitrogen and oxygen atoms in total. The molecule has 0 amide bonds. The van der Waals surface area contributed by atoms with E-state index in [1.165, 1.54) is 19.8 Å². The average Bonchev–Trinajstić information content (AvgIpc) is 2.88. The van der Waals surface area contributed by atoms with E-state index in [1.54, 1.807) is 0 Å². The third kappa shape index (κ3) is 2.31. The molecule has 2 rings (SSSR count). The fourth-order valence-electron chi connectivity index (χ4n) is 1.29. The Morgan fingerprint density at radius 2 is 2.28 bits per heavy atom. The highest BCUT2D eigenvalue weighted by Crippen LogP contribution is 2.30. The van der Waals surface area contributed by atoms with Crippen LogP contribution in [0.5, 0.6) is 5.88 Å². The Bertz CT molecular complexity index is 542. The number of H-pyrrole nitrogens is 1. The fourth-order valence-corrected chi connectivity index (χ4v) is 1.29. The quantitative estimate of drug-likeness (QED) is 0.565. The van der Waals surface area contributed by atoms with Crippen molar-refractivity contribution in [2.24, 2.45) is 0 Å². The van der Waals surface area contributed by atoms with E-state index < -0.39 is 4.92 Å². The molecule has 0 saturated heterocycles. The molecule has 2 heterocycles. The minimum absolute atomic E-state index is 0.0586. The van der Waals surface area contributed by atoms with E-state index in [0.29, 0.717) is 5.82 Å². The van der Waals surface area contributed by atoms with Crippen LogP contribution in [-0.2, 0) is 6.54 Å². The first-order chi connectivity index (χ1) is 8.72. The smallest absolute Gasteiger partial charge is 0.372 e. The van der Waals surface area contributed by atoms with Gasteiger partial charge in [-0.15, -0.1) is 0 Å². The number of aromatic amines is 1. The second-order valence-electron chi connectivity index (χ2n) is 3.12. The lowest BCUT2D eigenvalue weighted by atomic mass is 10.4. The molecule has 0 spiro atoms. The van der Waals surface area contributed by atoms with E-state index in [4.69, 9.17) is 4.74 Å². The zero-order valence-corrected chi connectivity index (χ0v) is 9.32. The van der Waals surface area contributed by atoms with Crippen LogP contribution >= 0.6 is 0 Å². The molecule has 2 aromatic rings. The Balaban J connectivity index is 2.24. The van der Waals surface area contributed by atoms with Crippen LogP contribution in [-0.4, -0.2) is 37.2 Å². The summed E-state index contributed by atoms with van der Waals surface area (Å²) >= 11 is 0. The van der Waals surface area contributed by atoms with Crippen molar-refractivity contribution < 1.29 is 9.66 Å². The van der Waals surface area contributed by atoms with Crippen LogP contribution in [0.1, 0.15) is 5.82 Å². The Labute approximate surface area is 101 Å². The van der Waals surface area contributed by atoms with Crippen LogP contribution in [0.2, 0.25) is 0 Å². The predicted octanol–water partition coefficient (Wildman–Crippen LogP) is 0.124. The Morgan fingerprint density at radius 3 is 2.89 bits per heavy atom. The summed E-state index contributed by atoms with van der Waals surface area (Å²) in [4.78, 5) is 21.7. The molecule has 0 fully saturated rings. The van der Waals surface area contributed by atoms with Crippen molar-refractivity contribution >= 4 is 11.5 Å². The van der Waals surface area contributed by atoms with E-state index >= 15 is 0 Å².